The summed E-state index contributed by atoms with van der Waals surface area (Å²) in [5, 5.41) is 9.69. The third-order valence-corrected chi connectivity index (χ3v) is 0.760. The summed E-state index contributed by atoms with van der Waals surface area (Å²) in [5.41, 5.74) is 0.997. The lowest BCUT2D eigenvalue weighted by Crippen LogP contribution is -1.60. The molecule has 43 valence electrons. The van der Waals surface area contributed by atoms with Crippen molar-refractivity contribution in [3.63, 3.8) is 0 Å². The molecule has 1 nitrogen and oxygen atoms in total. The minimum absolute atomic E-state index is 0.743. The van der Waals surface area contributed by atoms with Crippen LogP contribution in [0.2, 0.25) is 0 Å². The second kappa shape index (κ2) is 4.19. The molecule has 0 amide bonds. The lowest BCUT2D eigenvalue weighted by Gasteiger charge is -1.80. The molecule has 0 rings (SSSR count). The molecule has 0 atom stereocenters. The molecule has 0 aromatic heterocycles. The van der Waals surface area contributed by atoms with Crippen LogP contribution in [0.4, 0.5) is 0 Å². The van der Waals surface area contributed by atoms with Crippen LogP contribution in [-0.2, 0) is 5.11 Å². The summed E-state index contributed by atoms with van der Waals surface area (Å²) in [4.78, 5) is 0. The van der Waals surface area contributed by atoms with E-state index in [4.69, 9.17) is 0 Å². The van der Waals surface area contributed by atoms with E-state index in [0.717, 1.165) is 11.8 Å². The molecule has 0 aliphatic heterocycles. The third kappa shape index (κ3) is 3.22. The fourth-order valence-electron chi connectivity index (χ4n) is 0.259. The number of allylic oxidation sites excluding steroid dienone is 4. The van der Waals surface area contributed by atoms with Crippen LogP contribution >= 0.6 is 0 Å². The maximum Gasteiger partial charge on any atom is 0.142 e. The largest absolute Gasteiger partial charge is 0.299 e. The fraction of sp³-hybridized carbons (Fsp3) is 0.143. The SMILES string of the molecule is C=CC(C)=CC=C[O]. The van der Waals surface area contributed by atoms with Gasteiger partial charge < -0.3 is 0 Å². The smallest absolute Gasteiger partial charge is 0.142 e. The number of hydrogen-bond acceptors (Lipinski definition) is 0. The molecule has 0 aliphatic rings. The Kier molecular flexibility index (Phi) is 3.67. The molecule has 0 unspecified atom stereocenters. The highest BCUT2D eigenvalue weighted by atomic mass is 16.2. The first-order valence-electron chi connectivity index (χ1n) is 2.39. The highest BCUT2D eigenvalue weighted by Gasteiger charge is 1.71. The van der Waals surface area contributed by atoms with Crippen molar-refractivity contribution in [1.82, 2.24) is 0 Å². The molecule has 0 heterocycles. The standard InChI is InChI=1S/C7H9O/c1-3-7(2)5-4-6-8/h3-6H,1H2,2H3. The molecule has 0 saturated heterocycles. The Balaban J connectivity index is 3.74. The van der Waals surface area contributed by atoms with E-state index in [-0.39, 0.29) is 0 Å². The first kappa shape index (κ1) is 7.02. The molecule has 1 heteroatoms. The zero-order chi connectivity index (χ0) is 6.41. The van der Waals surface area contributed by atoms with Crippen LogP contribution in [-0.4, -0.2) is 0 Å². The Bertz CT molecular complexity index is 120. The summed E-state index contributed by atoms with van der Waals surface area (Å²) in [6, 6.07) is 0. The number of rotatable bonds is 2. The summed E-state index contributed by atoms with van der Waals surface area (Å²) in [6.07, 6.45) is 5.59. The topological polar surface area (TPSA) is 19.9 Å². The van der Waals surface area contributed by atoms with E-state index < -0.39 is 0 Å². The van der Waals surface area contributed by atoms with Crippen molar-refractivity contribution >= 4 is 0 Å². The van der Waals surface area contributed by atoms with Gasteiger partial charge in [0.15, 0.2) is 0 Å². The summed E-state index contributed by atoms with van der Waals surface area (Å²) >= 11 is 0. The van der Waals surface area contributed by atoms with E-state index in [1.54, 1.807) is 12.2 Å². The van der Waals surface area contributed by atoms with Crippen molar-refractivity contribution in [1.29, 1.82) is 0 Å². The molecule has 0 fully saturated rings. The van der Waals surface area contributed by atoms with E-state index in [0.29, 0.717) is 0 Å². The van der Waals surface area contributed by atoms with Crippen LogP contribution < -0.4 is 0 Å². The van der Waals surface area contributed by atoms with Gasteiger partial charge in [0, 0.05) is 0 Å². The Hall–Kier alpha value is -0.980. The lowest BCUT2D eigenvalue weighted by molar-refractivity contribution is 0.352. The summed E-state index contributed by atoms with van der Waals surface area (Å²) in [5.74, 6) is 0. The van der Waals surface area contributed by atoms with Gasteiger partial charge >= 0.3 is 0 Å². The van der Waals surface area contributed by atoms with E-state index in [2.05, 4.69) is 6.58 Å². The van der Waals surface area contributed by atoms with Gasteiger partial charge in [0.2, 0.25) is 0 Å². The van der Waals surface area contributed by atoms with Gasteiger partial charge in [0.1, 0.15) is 6.26 Å². The first-order valence-corrected chi connectivity index (χ1v) is 2.39. The number of hydrogen-bond donors (Lipinski definition) is 0. The second-order valence-electron chi connectivity index (χ2n) is 1.44. The second-order valence-corrected chi connectivity index (χ2v) is 1.44. The molecule has 8 heavy (non-hydrogen) atoms. The van der Waals surface area contributed by atoms with Crippen molar-refractivity contribution in [2.75, 3.05) is 0 Å². The molecule has 0 bridgehead atoms. The average molecular weight is 109 g/mol. The van der Waals surface area contributed by atoms with Crippen LogP contribution in [0, 0.1) is 0 Å². The molecular weight excluding hydrogens is 100 g/mol. The highest BCUT2D eigenvalue weighted by molar-refractivity contribution is 5.18. The van der Waals surface area contributed by atoms with E-state index in [9.17, 15) is 5.11 Å². The van der Waals surface area contributed by atoms with Crippen LogP contribution in [0.3, 0.4) is 0 Å². The van der Waals surface area contributed by atoms with E-state index >= 15 is 0 Å². The summed E-state index contributed by atoms with van der Waals surface area (Å²) in [7, 11) is 0. The molecule has 0 N–H and O–H groups in total. The Morgan fingerprint density at radius 3 is 2.62 bits per heavy atom. The van der Waals surface area contributed by atoms with E-state index in [1.165, 1.54) is 6.08 Å². The maximum atomic E-state index is 9.69. The van der Waals surface area contributed by atoms with Crippen molar-refractivity contribution in [3.8, 4) is 0 Å². The van der Waals surface area contributed by atoms with Gasteiger partial charge in [0.25, 0.3) is 0 Å². The zero-order valence-corrected chi connectivity index (χ0v) is 4.92. The van der Waals surface area contributed by atoms with Gasteiger partial charge in [-0.05, 0) is 13.0 Å². The quantitative estimate of drug-likeness (QED) is 0.382. The van der Waals surface area contributed by atoms with E-state index in [1.807, 2.05) is 6.92 Å². The Morgan fingerprint density at radius 2 is 2.25 bits per heavy atom. The van der Waals surface area contributed by atoms with Crippen LogP contribution in [0.25, 0.3) is 0 Å². The molecule has 0 aromatic carbocycles. The van der Waals surface area contributed by atoms with Gasteiger partial charge in [-0.25, -0.2) is 0 Å². The van der Waals surface area contributed by atoms with Gasteiger partial charge in [-0.15, -0.1) is 0 Å². The van der Waals surface area contributed by atoms with Crippen LogP contribution in [0.5, 0.6) is 0 Å². The predicted molar refractivity (Wildman–Crippen MR) is 33.8 cm³/mol. The van der Waals surface area contributed by atoms with Crippen molar-refractivity contribution in [2.45, 2.75) is 6.92 Å². The molecule has 0 aliphatic carbocycles. The van der Waals surface area contributed by atoms with Gasteiger partial charge in [-0.1, -0.05) is 24.3 Å². The van der Waals surface area contributed by atoms with Crippen molar-refractivity contribution in [2.24, 2.45) is 0 Å². The molecule has 0 spiro atoms. The lowest BCUT2D eigenvalue weighted by atomic mass is 10.3. The van der Waals surface area contributed by atoms with Crippen LogP contribution in [0.15, 0.2) is 36.6 Å². The highest BCUT2D eigenvalue weighted by Crippen LogP contribution is 1.91. The van der Waals surface area contributed by atoms with Crippen LogP contribution in [0.1, 0.15) is 6.92 Å². The predicted octanol–water partition coefficient (Wildman–Crippen LogP) is 2.06. The average Bonchev–Trinajstić information content (AvgIpc) is 1.83. The summed E-state index contributed by atoms with van der Waals surface area (Å²) in [6.45, 7) is 5.39. The Morgan fingerprint density at radius 1 is 1.62 bits per heavy atom. The van der Waals surface area contributed by atoms with Gasteiger partial charge in [0.05, 0.1) is 0 Å². The van der Waals surface area contributed by atoms with Crippen molar-refractivity contribution < 1.29 is 5.11 Å². The minimum atomic E-state index is 0.743. The molecule has 0 aromatic rings. The van der Waals surface area contributed by atoms with Gasteiger partial charge in [-0.3, -0.25) is 5.11 Å². The first-order chi connectivity index (χ1) is 3.81. The fourth-order valence-corrected chi connectivity index (χ4v) is 0.259. The zero-order valence-electron chi connectivity index (χ0n) is 4.92. The molecule has 0 saturated carbocycles. The molecular formula is C7H9O. The summed E-state index contributed by atoms with van der Waals surface area (Å²) < 4.78 is 0. The molecule has 1 radical (unpaired) electrons. The normalized spacial score (nSPS) is 12.4. The monoisotopic (exact) mass is 109 g/mol. The van der Waals surface area contributed by atoms with Gasteiger partial charge in [-0.2, -0.15) is 0 Å². The maximum absolute atomic E-state index is 9.69. The van der Waals surface area contributed by atoms with Crippen molar-refractivity contribution in [3.05, 3.63) is 36.6 Å². The minimum Gasteiger partial charge on any atom is -0.299 e. The Labute approximate surface area is 49.7 Å². The third-order valence-electron chi connectivity index (χ3n) is 0.760.